The van der Waals surface area contributed by atoms with Crippen molar-refractivity contribution in [3.05, 3.63) is 11.2 Å². The average Bonchev–Trinajstić information content (AvgIpc) is 2.41. The summed E-state index contributed by atoms with van der Waals surface area (Å²) < 4.78 is 1.80. The predicted octanol–water partition coefficient (Wildman–Crippen LogP) is 2.26. The lowest BCUT2D eigenvalue weighted by atomic mass is 10.5. The number of thioether (sulfide) groups is 1. The largest absolute Gasteiger partial charge is 0.381 e. The summed E-state index contributed by atoms with van der Waals surface area (Å²) in [7, 11) is 0. The summed E-state index contributed by atoms with van der Waals surface area (Å²) in [5, 5.41) is 4.61. The van der Waals surface area contributed by atoms with Crippen LogP contribution in [-0.4, -0.2) is 21.3 Å². The Morgan fingerprint density at radius 2 is 2.46 bits per heavy atom. The minimum atomic E-state index is 0.421. The molecule has 13 heavy (non-hydrogen) atoms. The standard InChI is InChI=1S/C8H14ClN3S/c1-2-13-5-3-4-12-6-7(9)8(10)11-12/h6H,2-5H2,1H3,(H2,10,11). The van der Waals surface area contributed by atoms with Crippen LogP contribution in [0.15, 0.2) is 6.20 Å². The Morgan fingerprint density at radius 3 is 3.00 bits per heavy atom. The van der Waals surface area contributed by atoms with Crippen molar-refractivity contribution in [3.63, 3.8) is 0 Å². The van der Waals surface area contributed by atoms with Gasteiger partial charge in [-0.1, -0.05) is 18.5 Å². The zero-order valence-corrected chi connectivity index (χ0v) is 9.24. The van der Waals surface area contributed by atoms with E-state index < -0.39 is 0 Å². The Bertz CT molecular complexity index is 242. The van der Waals surface area contributed by atoms with Crippen LogP contribution in [0.2, 0.25) is 5.02 Å². The fraction of sp³-hybridized carbons (Fsp3) is 0.625. The van der Waals surface area contributed by atoms with Crippen molar-refractivity contribution in [1.29, 1.82) is 0 Å². The Balaban J connectivity index is 2.29. The second-order valence-corrected chi connectivity index (χ2v) is 4.48. The summed E-state index contributed by atoms with van der Waals surface area (Å²) in [4.78, 5) is 0. The molecule has 0 bridgehead atoms. The van der Waals surface area contributed by atoms with Crippen LogP contribution >= 0.6 is 23.4 Å². The van der Waals surface area contributed by atoms with Crippen molar-refractivity contribution in [1.82, 2.24) is 9.78 Å². The fourth-order valence-corrected chi connectivity index (χ4v) is 1.77. The van der Waals surface area contributed by atoms with Crippen LogP contribution in [0.3, 0.4) is 0 Å². The normalized spacial score (nSPS) is 10.6. The Labute approximate surface area is 87.6 Å². The number of halogens is 1. The smallest absolute Gasteiger partial charge is 0.164 e. The topological polar surface area (TPSA) is 43.8 Å². The number of aromatic nitrogens is 2. The number of hydrogen-bond donors (Lipinski definition) is 1. The third-order valence-electron chi connectivity index (χ3n) is 1.62. The van der Waals surface area contributed by atoms with E-state index in [1.54, 1.807) is 10.9 Å². The van der Waals surface area contributed by atoms with E-state index in [0.29, 0.717) is 10.8 Å². The van der Waals surface area contributed by atoms with E-state index in [2.05, 4.69) is 12.0 Å². The zero-order valence-electron chi connectivity index (χ0n) is 7.66. The van der Waals surface area contributed by atoms with Crippen LogP contribution in [0, 0.1) is 0 Å². The number of nitrogen functional groups attached to an aromatic ring is 1. The molecule has 0 saturated heterocycles. The Morgan fingerprint density at radius 1 is 1.69 bits per heavy atom. The van der Waals surface area contributed by atoms with Gasteiger partial charge in [0.25, 0.3) is 0 Å². The van der Waals surface area contributed by atoms with E-state index in [-0.39, 0.29) is 0 Å². The molecule has 3 nitrogen and oxygen atoms in total. The highest BCUT2D eigenvalue weighted by molar-refractivity contribution is 7.99. The van der Waals surface area contributed by atoms with Crippen molar-refractivity contribution < 1.29 is 0 Å². The van der Waals surface area contributed by atoms with Gasteiger partial charge in [-0.05, 0) is 17.9 Å². The molecule has 0 unspecified atom stereocenters. The van der Waals surface area contributed by atoms with Gasteiger partial charge in [0, 0.05) is 12.7 Å². The van der Waals surface area contributed by atoms with Crippen molar-refractivity contribution >= 4 is 29.2 Å². The molecule has 1 rings (SSSR count). The van der Waals surface area contributed by atoms with Gasteiger partial charge in [-0.2, -0.15) is 16.9 Å². The molecule has 5 heteroatoms. The molecule has 0 aliphatic carbocycles. The fourth-order valence-electron chi connectivity index (χ4n) is 0.999. The van der Waals surface area contributed by atoms with Crippen LogP contribution in [-0.2, 0) is 6.54 Å². The zero-order chi connectivity index (χ0) is 9.68. The maximum atomic E-state index is 5.76. The van der Waals surface area contributed by atoms with E-state index in [9.17, 15) is 0 Å². The summed E-state index contributed by atoms with van der Waals surface area (Å²) >= 11 is 7.69. The monoisotopic (exact) mass is 219 g/mol. The molecule has 1 aromatic heterocycles. The van der Waals surface area contributed by atoms with Crippen molar-refractivity contribution in [2.45, 2.75) is 19.9 Å². The Hall–Kier alpha value is -0.350. The molecular weight excluding hydrogens is 206 g/mol. The third kappa shape index (κ3) is 3.48. The molecule has 0 saturated carbocycles. The summed E-state index contributed by atoms with van der Waals surface area (Å²) in [6, 6.07) is 0. The number of nitrogens with two attached hydrogens (primary N) is 1. The summed E-state index contributed by atoms with van der Waals surface area (Å²) in [6.45, 7) is 3.05. The van der Waals surface area contributed by atoms with Crippen LogP contribution in [0.25, 0.3) is 0 Å². The predicted molar refractivity (Wildman–Crippen MR) is 59.3 cm³/mol. The lowest BCUT2D eigenvalue weighted by molar-refractivity contribution is 0.608. The van der Waals surface area contributed by atoms with Crippen LogP contribution in [0.4, 0.5) is 5.82 Å². The molecule has 0 spiro atoms. The van der Waals surface area contributed by atoms with Crippen LogP contribution in [0.5, 0.6) is 0 Å². The Kier molecular flexibility index (Phi) is 4.45. The minimum absolute atomic E-state index is 0.421. The van der Waals surface area contributed by atoms with Crippen molar-refractivity contribution in [3.8, 4) is 0 Å². The quantitative estimate of drug-likeness (QED) is 0.773. The lowest BCUT2D eigenvalue weighted by Crippen LogP contribution is -2.00. The average molecular weight is 220 g/mol. The molecule has 1 aromatic rings. The second kappa shape index (κ2) is 5.40. The maximum Gasteiger partial charge on any atom is 0.164 e. The maximum absolute atomic E-state index is 5.76. The molecule has 0 aromatic carbocycles. The van der Waals surface area contributed by atoms with Gasteiger partial charge >= 0.3 is 0 Å². The minimum Gasteiger partial charge on any atom is -0.381 e. The first-order valence-electron chi connectivity index (χ1n) is 4.30. The highest BCUT2D eigenvalue weighted by Gasteiger charge is 2.01. The van der Waals surface area contributed by atoms with E-state index >= 15 is 0 Å². The highest BCUT2D eigenvalue weighted by Crippen LogP contribution is 2.15. The van der Waals surface area contributed by atoms with E-state index in [1.807, 2.05) is 11.8 Å². The number of aryl methyl sites for hydroxylation is 1. The first-order chi connectivity index (χ1) is 6.24. The van der Waals surface area contributed by atoms with Gasteiger partial charge in [0.1, 0.15) is 5.02 Å². The molecule has 0 aliphatic heterocycles. The van der Waals surface area contributed by atoms with E-state index in [1.165, 1.54) is 5.75 Å². The second-order valence-electron chi connectivity index (χ2n) is 2.68. The molecule has 2 N–H and O–H groups in total. The van der Waals surface area contributed by atoms with Gasteiger partial charge in [-0.15, -0.1) is 0 Å². The summed E-state index contributed by atoms with van der Waals surface area (Å²) in [6.07, 6.45) is 2.88. The number of nitrogens with zero attached hydrogens (tertiary/aromatic N) is 2. The van der Waals surface area contributed by atoms with Gasteiger partial charge < -0.3 is 5.73 Å². The summed E-state index contributed by atoms with van der Waals surface area (Å²) in [5.74, 6) is 2.75. The number of anilines is 1. The van der Waals surface area contributed by atoms with Crippen molar-refractivity contribution in [2.24, 2.45) is 0 Å². The molecule has 0 amide bonds. The van der Waals surface area contributed by atoms with Gasteiger partial charge in [-0.25, -0.2) is 0 Å². The van der Waals surface area contributed by atoms with Gasteiger partial charge in [0.15, 0.2) is 5.82 Å². The third-order valence-corrected chi connectivity index (χ3v) is 2.90. The molecular formula is C8H14ClN3S. The van der Waals surface area contributed by atoms with E-state index in [4.69, 9.17) is 17.3 Å². The van der Waals surface area contributed by atoms with Crippen molar-refractivity contribution in [2.75, 3.05) is 17.2 Å². The molecule has 0 fully saturated rings. The molecule has 0 radical (unpaired) electrons. The van der Waals surface area contributed by atoms with Gasteiger partial charge in [0.05, 0.1) is 0 Å². The number of hydrogen-bond acceptors (Lipinski definition) is 3. The number of rotatable bonds is 5. The van der Waals surface area contributed by atoms with E-state index in [0.717, 1.165) is 18.7 Å². The lowest BCUT2D eigenvalue weighted by Gasteiger charge is -1.99. The summed E-state index contributed by atoms with van der Waals surface area (Å²) in [5.41, 5.74) is 5.50. The van der Waals surface area contributed by atoms with Gasteiger partial charge in [0.2, 0.25) is 0 Å². The SMILES string of the molecule is CCSCCCn1cc(Cl)c(N)n1. The molecule has 0 atom stereocenters. The highest BCUT2D eigenvalue weighted by atomic mass is 35.5. The first-order valence-corrected chi connectivity index (χ1v) is 5.83. The molecule has 1 heterocycles. The first kappa shape index (κ1) is 10.7. The van der Waals surface area contributed by atoms with Crippen LogP contribution < -0.4 is 5.73 Å². The van der Waals surface area contributed by atoms with Gasteiger partial charge in [-0.3, -0.25) is 4.68 Å². The molecule has 74 valence electrons. The molecule has 0 aliphatic rings. The van der Waals surface area contributed by atoms with Crippen LogP contribution in [0.1, 0.15) is 13.3 Å².